The first-order valence-corrected chi connectivity index (χ1v) is 8.20. The Hall–Kier alpha value is -0.980. The van der Waals surface area contributed by atoms with Gasteiger partial charge in [0.15, 0.2) is 0 Å². The van der Waals surface area contributed by atoms with Crippen molar-refractivity contribution in [1.82, 2.24) is 4.31 Å². The number of sulfonamides is 1. The minimum absolute atomic E-state index is 0.0174. The summed E-state index contributed by atoms with van der Waals surface area (Å²) in [7, 11) is -3.70. The van der Waals surface area contributed by atoms with Gasteiger partial charge in [0.1, 0.15) is 5.82 Å². The molecule has 0 bridgehead atoms. The normalized spacial score (nSPS) is 22.7. The molecule has 1 aliphatic heterocycles. The maximum Gasteiger partial charge on any atom is 0.243 e. The van der Waals surface area contributed by atoms with Crippen LogP contribution < -0.4 is 0 Å². The van der Waals surface area contributed by atoms with Crippen molar-refractivity contribution in [3.05, 3.63) is 29.6 Å². The average Bonchev–Trinajstić information content (AvgIpc) is 2.41. The molecule has 2 rings (SSSR count). The number of aryl methyl sites for hydroxylation is 1. The van der Waals surface area contributed by atoms with Crippen LogP contribution in [-0.2, 0) is 10.0 Å². The van der Waals surface area contributed by atoms with Gasteiger partial charge in [-0.25, -0.2) is 12.8 Å². The molecule has 1 fully saturated rings. The number of aliphatic hydroxyl groups is 1. The third kappa shape index (κ3) is 3.02. The quantitative estimate of drug-likeness (QED) is 0.928. The van der Waals surface area contributed by atoms with Crippen LogP contribution in [-0.4, -0.2) is 37.0 Å². The highest BCUT2D eigenvalue weighted by Gasteiger charge is 2.32. The van der Waals surface area contributed by atoms with Crippen LogP contribution in [0.5, 0.6) is 0 Å². The van der Waals surface area contributed by atoms with E-state index in [4.69, 9.17) is 0 Å². The summed E-state index contributed by atoms with van der Waals surface area (Å²) in [4.78, 5) is 0.0174. The van der Waals surface area contributed by atoms with Crippen LogP contribution in [0, 0.1) is 18.7 Å². The van der Waals surface area contributed by atoms with Gasteiger partial charge in [0.2, 0.25) is 10.0 Å². The molecule has 2 atom stereocenters. The first-order valence-electron chi connectivity index (χ1n) is 6.76. The first kappa shape index (κ1) is 15.4. The van der Waals surface area contributed by atoms with E-state index in [9.17, 15) is 17.9 Å². The van der Waals surface area contributed by atoms with Crippen molar-refractivity contribution >= 4 is 10.0 Å². The Morgan fingerprint density at radius 2 is 2.15 bits per heavy atom. The van der Waals surface area contributed by atoms with Gasteiger partial charge in [0, 0.05) is 13.1 Å². The third-order valence-electron chi connectivity index (χ3n) is 3.87. The summed E-state index contributed by atoms with van der Waals surface area (Å²) in [6.07, 6.45) is 0.983. The molecule has 112 valence electrons. The molecule has 20 heavy (non-hydrogen) atoms. The second-order valence-corrected chi connectivity index (χ2v) is 7.32. The molecule has 0 spiro atoms. The highest BCUT2D eigenvalue weighted by atomic mass is 32.2. The van der Waals surface area contributed by atoms with E-state index in [1.165, 1.54) is 16.4 Å². The van der Waals surface area contributed by atoms with E-state index in [0.717, 1.165) is 12.5 Å². The molecule has 0 aliphatic carbocycles. The van der Waals surface area contributed by atoms with Gasteiger partial charge in [-0.1, -0.05) is 6.07 Å². The predicted molar refractivity (Wildman–Crippen MR) is 74.3 cm³/mol. The van der Waals surface area contributed by atoms with E-state index >= 15 is 0 Å². The number of hydrogen-bond acceptors (Lipinski definition) is 3. The zero-order valence-electron chi connectivity index (χ0n) is 11.7. The van der Waals surface area contributed by atoms with Gasteiger partial charge in [0.05, 0.1) is 11.0 Å². The second kappa shape index (κ2) is 5.79. The van der Waals surface area contributed by atoms with Crippen LogP contribution in [0.4, 0.5) is 4.39 Å². The molecule has 1 saturated heterocycles. The first-order chi connectivity index (χ1) is 9.32. The van der Waals surface area contributed by atoms with E-state index in [0.29, 0.717) is 18.5 Å². The van der Waals surface area contributed by atoms with Crippen molar-refractivity contribution in [2.45, 2.75) is 37.7 Å². The van der Waals surface area contributed by atoms with Gasteiger partial charge in [-0.2, -0.15) is 4.31 Å². The van der Waals surface area contributed by atoms with E-state index in [-0.39, 0.29) is 17.4 Å². The molecule has 0 amide bonds. The molecule has 1 heterocycles. The zero-order chi connectivity index (χ0) is 14.9. The minimum Gasteiger partial charge on any atom is -0.393 e. The Labute approximate surface area is 119 Å². The molecular formula is C14H20FNO3S. The van der Waals surface area contributed by atoms with Crippen LogP contribution in [0.2, 0.25) is 0 Å². The summed E-state index contributed by atoms with van der Waals surface area (Å²) in [5.74, 6) is -0.620. The summed E-state index contributed by atoms with van der Waals surface area (Å²) >= 11 is 0. The molecule has 2 unspecified atom stereocenters. The third-order valence-corrected chi connectivity index (χ3v) is 5.88. The number of rotatable bonds is 3. The maximum atomic E-state index is 13.3. The number of nitrogens with zero attached hydrogens (tertiary/aromatic N) is 1. The van der Waals surface area contributed by atoms with Crippen LogP contribution in [0.15, 0.2) is 23.1 Å². The monoisotopic (exact) mass is 301 g/mol. The van der Waals surface area contributed by atoms with Crippen LogP contribution >= 0.6 is 0 Å². The van der Waals surface area contributed by atoms with Crippen molar-refractivity contribution in [2.24, 2.45) is 5.92 Å². The summed E-state index contributed by atoms with van der Waals surface area (Å²) < 4.78 is 39.9. The zero-order valence-corrected chi connectivity index (χ0v) is 12.5. The number of halogens is 1. The number of hydrogen-bond donors (Lipinski definition) is 1. The summed E-state index contributed by atoms with van der Waals surface area (Å²) in [5, 5.41) is 9.65. The van der Waals surface area contributed by atoms with Crippen molar-refractivity contribution < 1.29 is 17.9 Å². The molecule has 4 nitrogen and oxygen atoms in total. The molecule has 1 aromatic carbocycles. The fraction of sp³-hybridized carbons (Fsp3) is 0.571. The Balaban J connectivity index is 2.32. The lowest BCUT2D eigenvalue weighted by molar-refractivity contribution is 0.0885. The summed E-state index contributed by atoms with van der Waals surface area (Å²) in [5.41, 5.74) is 0.533. The van der Waals surface area contributed by atoms with Crippen molar-refractivity contribution in [3.63, 3.8) is 0 Å². The molecule has 1 N–H and O–H groups in total. The fourth-order valence-electron chi connectivity index (χ4n) is 2.58. The predicted octanol–water partition coefficient (Wildman–Crippen LogP) is 1.92. The van der Waals surface area contributed by atoms with Crippen LogP contribution in [0.3, 0.4) is 0 Å². The van der Waals surface area contributed by atoms with Gasteiger partial charge in [-0.3, -0.25) is 0 Å². The Morgan fingerprint density at radius 1 is 1.45 bits per heavy atom. The van der Waals surface area contributed by atoms with E-state index in [2.05, 4.69) is 0 Å². The Kier molecular flexibility index (Phi) is 4.46. The van der Waals surface area contributed by atoms with Crippen molar-refractivity contribution in [2.75, 3.05) is 13.1 Å². The Morgan fingerprint density at radius 3 is 2.80 bits per heavy atom. The second-order valence-electron chi connectivity index (χ2n) is 5.42. The molecule has 0 saturated carbocycles. The Bertz CT molecular complexity index is 586. The van der Waals surface area contributed by atoms with Gasteiger partial charge in [0.25, 0.3) is 0 Å². The smallest absolute Gasteiger partial charge is 0.243 e. The fourth-order valence-corrected chi connectivity index (χ4v) is 4.35. The van der Waals surface area contributed by atoms with Crippen LogP contribution in [0.1, 0.15) is 25.3 Å². The van der Waals surface area contributed by atoms with E-state index in [1.54, 1.807) is 13.8 Å². The minimum atomic E-state index is -3.70. The summed E-state index contributed by atoms with van der Waals surface area (Å²) in [6.45, 7) is 4.04. The topological polar surface area (TPSA) is 57.6 Å². The highest BCUT2D eigenvalue weighted by Crippen LogP contribution is 2.27. The number of piperidine rings is 1. The average molecular weight is 301 g/mol. The molecular weight excluding hydrogens is 281 g/mol. The lowest BCUT2D eigenvalue weighted by Gasteiger charge is -2.33. The molecule has 1 aliphatic rings. The number of benzene rings is 1. The van der Waals surface area contributed by atoms with Crippen molar-refractivity contribution in [3.8, 4) is 0 Å². The van der Waals surface area contributed by atoms with E-state index in [1.807, 2.05) is 0 Å². The highest BCUT2D eigenvalue weighted by molar-refractivity contribution is 7.89. The molecule has 6 heteroatoms. The molecule has 1 aromatic rings. The van der Waals surface area contributed by atoms with E-state index < -0.39 is 21.9 Å². The molecule has 0 aromatic heterocycles. The largest absolute Gasteiger partial charge is 0.393 e. The summed E-state index contributed by atoms with van der Waals surface area (Å²) in [6, 6.07) is 3.79. The van der Waals surface area contributed by atoms with Gasteiger partial charge < -0.3 is 5.11 Å². The van der Waals surface area contributed by atoms with Crippen LogP contribution in [0.25, 0.3) is 0 Å². The molecule has 0 radical (unpaired) electrons. The van der Waals surface area contributed by atoms with Gasteiger partial charge in [-0.15, -0.1) is 0 Å². The SMILES string of the molecule is Cc1ccc(F)cc1S(=O)(=O)N1CCCC(C(C)O)C1. The van der Waals surface area contributed by atoms with Gasteiger partial charge in [-0.05, 0) is 50.3 Å². The number of aliphatic hydroxyl groups excluding tert-OH is 1. The lowest BCUT2D eigenvalue weighted by atomic mass is 9.95. The van der Waals surface area contributed by atoms with Gasteiger partial charge >= 0.3 is 0 Å². The standard InChI is InChI=1S/C14H20FNO3S/c1-10-5-6-13(15)8-14(10)20(18,19)16-7-3-4-12(9-16)11(2)17/h5-6,8,11-12,17H,3-4,7,9H2,1-2H3. The maximum absolute atomic E-state index is 13.3. The lowest BCUT2D eigenvalue weighted by Crippen LogP contribution is -2.43. The van der Waals surface area contributed by atoms with Crippen molar-refractivity contribution in [1.29, 1.82) is 0 Å².